The molecule has 1 unspecified atom stereocenters. The highest BCUT2D eigenvalue weighted by Crippen LogP contribution is 2.24. The fraction of sp³-hybridized carbons (Fsp3) is 0.643. The molecule has 1 fully saturated rings. The van der Waals surface area contributed by atoms with Crippen LogP contribution < -0.4 is 10.6 Å². The van der Waals surface area contributed by atoms with Gasteiger partial charge in [-0.25, -0.2) is 9.97 Å². The van der Waals surface area contributed by atoms with Crippen LogP contribution in [-0.2, 0) is 4.79 Å². The van der Waals surface area contributed by atoms with Crippen LogP contribution in [0.5, 0.6) is 0 Å². The smallest absolute Gasteiger partial charge is 0.242 e. The summed E-state index contributed by atoms with van der Waals surface area (Å²) in [6.45, 7) is 7.69. The van der Waals surface area contributed by atoms with E-state index in [9.17, 15) is 4.79 Å². The van der Waals surface area contributed by atoms with Gasteiger partial charge in [-0.2, -0.15) is 0 Å². The van der Waals surface area contributed by atoms with Crippen LogP contribution in [0, 0.1) is 6.92 Å². The van der Waals surface area contributed by atoms with E-state index in [0.717, 1.165) is 18.4 Å². The van der Waals surface area contributed by atoms with E-state index in [1.54, 1.807) is 0 Å². The fourth-order valence-electron chi connectivity index (χ4n) is 1.73. The summed E-state index contributed by atoms with van der Waals surface area (Å²) in [6.07, 6.45) is 2.16. The van der Waals surface area contributed by atoms with Crippen LogP contribution in [0.15, 0.2) is 0 Å². The van der Waals surface area contributed by atoms with Crippen molar-refractivity contribution in [3.63, 3.8) is 0 Å². The van der Waals surface area contributed by atoms with Crippen LogP contribution in [0.2, 0.25) is 5.15 Å². The molecular weight excluding hydrogens is 276 g/mol. The SMILES string of the molecule is Cc1c(Cl)nc(C(C)C)nc1NC(C)C(=O)NC1CC1. The number of hydrogen-bond donors (Lipinski definition) is 2. The van der Waals surface area contributed by atoms with Crippen molar-refractivity contribution in [2.75, 3.05) is 5.32 Å². The van der Waals surface area contributed by atoms with Crippen molar-refractivity contribution in [3.05, 3.63) is 16.5 Å². The van der Waals surface area contributed by atoms with E-state index in [2.05, 4.69) is 20.6 Å². The summed E-state index contributed by atoms with van der Waals surface area (Å²) < 4.78 is 0. The van der Waals surface area contributed by atoms with Gasteiger partial charge in [0.05, 0.1) is 0 Å². The van der Waals surface area contributed by atoms with Gasteiger partial charge in [0.25, 0.3) is 0 Å². The Bertz CT molecular complexity index is 514. The highest BCUT2D eigenvalue weighted by molar-refractivity contribution is 6.30. The standard InChI is InChI=1S/C14H21ClN4O/c1-7(2)12-18-11(15)8(3)13(19-12)16-9(4)14(20)17-10-5-6-10/h7,9-10H,5-6H2,1-4H3,(H,17,20)(H,16,18,19). The van der Waals surface area contributed by atoms with Gasteiger partial charge in [-0.15, -0.1) is 0 Å². The molecule has 5 nitrogen and oxygen atoms in total. The minimum Gasteiger partial charge on any atom is -0.358 e. The van der Waals surface area contributed by atoms with Crippen LogP contribution in [0.3, 0.4) is 0 Å². The zero-order valence-electron chi connectivity index (χ0n) is 12.3. The molecule has 1 atom stereocenters. The average Bonchev–Trinajstić information content (AvgIpc) is 3.18. The predicted octanol–water partition coefficient (Wildman–Crippen LogP) is 2.64. The number of carbonyl (C=O) groups is 1. The molecule has 2 rings (SSSR count). The van der Waals surface area contributed by atoms with Gasteiger partial charge in [-0.3, -0.25) is 4.79 Å². The third-order valence-electron chi connectivity index (χ3n) is 3.29. The molecule has 6 heteroatoms. The van der Waals surface area contributed by atoms with E-state index < -0.39 is 0 Å². The van der Waals surface area contributed by atoms with Gasteiger partial charge >= 0.3 is 0 Å². The van der Waals surface area contributed by atoms with Gasteiger partial charge in [-0.05, 0) is 26.7 Å². The van der Waals surface area contributed by atoms with Crippen LogP contribution in [0.25, 0.3) is 0 Å². The molecule has 1 heterocycles. The molecule has 1 aromatic rings. The molecule has 1 saturated carbocycles. The first kappa shape index (κ1) is 15.0. The van der Waals surface area contributed by atoms with Crippen molar-refractivity contribution in [2.24, 2.45) is 0 Å². The quantitative estimate of drug-likeness (QED) is 0.820. The summed E-state index contributed by atoms with van der Waals surface area (Å²) in [5.41, 5.74) is 0.766. The molecule has 2 N–H and O–H groups in total. The van der Waals surface area contributed by atoms with E-state index in [-0.39, 0.29) is 17.9 Å². The summed E-state index contributed by atoms with van der Waals surface area (Å²) in [5, 5.41) is 6.53. The van der Waals surface area contributed by atoms with Crippen LogP contribution >= 0.6 is 11.6 Å². The Kier molecular flexibility index (Phi) is 4.48. The maximum Gasteiger partial charge on any atom is 0.242 e. The second-order valence-corrected chi connectivity index (χ2v) is 6.01. The molecule has 1 aromatic heterocycles. The Morgan fingerprint density at radius 1 is 1.30 bits per heavy atom. The lowest BCUT2D eigenvalue weighted by molar-refractivity contribution is -0.121. The summed E-state index contributed by atoms with van der Waals surface area (Å²) in [7, 11) is 0. The number of rotatable bonds is 5. The third kappa shape index (κ3) is 3.60. The molecule has 0 spiro atoms. The number of nitrogens with zero attached hydrogens (tertiary/aromatic N) is 2. The van der Waals surface area contributed by atoms with Gasteiger partial charge in [0, 0.05) is 17.5 Å². The summed E-state index contributed by atoms with van der Waals surface area (Å²) in [4.78, 5) is 20.7. The van der Waals surface area contributed by atoms with E-state index in [4.69, 9.17) is 11.6 Å². The lowest BCUT2D eigenvalue weighted by Gasteiger charge is -2.17. The van der Waals surface area contributed by atoms with Crippen molar-refractivity contribution in [2.45, 2.75) is 58.5 Å². The fourth-order valence-corrected chi connectivity index (χ4v) is 1.90. The van der Waals surface area contributed by atoms with E-state index >= 15 is 0 Å². The zero-order chi connectivity index (χ0) is 14.9. The molecule has 0 aromatic carbocycles. The van der Waals surface area contributed by atoms with Crippen molar-refractivity contribution in [1.82, 2.24) is 15.3 Å². The number of halogens is 1. The monoisotopic (exact) mass is 296 g/mol. The van der Waals surface area contributed by atoms with Crippen molar-refractivity contribution in [3.8, 4) is 0 Å². The molecule has 1 aliphatic carbocycles. The van der Waals surface area contributed by atoms with Gasteiger partial charge in [0.2, 0.25) is 5.91 Å². The van der Waals surface area contributed by atoms with Crippen molar-refractivity contribution < 1.29 is 4.79 Å². The van der Waals surface area contributed by atoms with Crippen LogP contribution in [0.4, 0.5) is 5.82 Å². The third-order valence-corrected chi connectivity index (χ3v) is 3.66. The molecule has 0 bridgehead atoms. The Morgan fingerprint density at radius 3 is 2.50 bits per heavy atom. The zero-order valence-corrected chi connectivity index (χ0v) is 13.1. The largest absolute Gasteiger partial charge is 0.358 e. The molecule has 1 aliphatic rings. The van der Waals surface area contributed by atoms with E-state index in [1.807, 2.05) is 27.7 Å². The maximum atomic E-state index is 12.0. The second kappa shape index (κ2) is 5.95. The lowest BCUT2D eigenvalue weighted by atomic mass is 10.2. The highest BCUT2D eigenvalue weighted by Gasteiger charge is 2.26. The first-order chi connectivity index (χ1) is 9.38. The number of carbonyl (C=O) groups excluding carboxylic acids is 1. The molecular formula is C14H21ClN4O. The van der Waals surface area contributed by atoms with Gasteiger partial charge in [0.15, 0.2) is 0 Å². The van der Waals surface area contributed by atoms with Gasteiger partial charge in [0.1, 0.15) is 22.8 Å². The van der Waals surface area contributed by atoms with E-state index in [0.29, 0.717) is 22.8 Å². The molecule has 0 saturated heterocycles. The number of hydrogen-bond acceptors (Lipinski definition) is 4. The highest BCUT2D eigenvalue weighted by atomic mass is 35.5. The minimum absolute atomic E-state index is 0.00673. The first-order valence-electron chi connectivity index (χ1n) is 6.99. The summed E-state index contributed by atoms with van der Waals surface area (Å²) in [5.74, 6) is 1.49. The number of nitrogens with one attached hydrogen (secondary N) is 2. The number of anilines is 1. The number of amides is 1. The molecule has 20 heavy (non-hydrogen) atoms. The summed E-state index contributed by atoms with van der Waals surface area (Å²) in [6, 6.07) is 0.00772. The Morgan fingerprint density at radius 2 is 1.95 bits per heavy atom. The molecule has 1 amide bonds. The molecule has 0 aliphatic heterocycles. The predicted molar refractivity (Wildman–Crippen MR) is 80.1 cm³/mol. The average molecular weight is 297 g/mol. The Hall–Kier alpha value is -1.36. The lowest BCUT2D eigenvalue weighted by Crippen LogP contribution is -2.39. The maximum absolute atomic E-state index is 12.0. The van der Waals surface area contributed by atoms with Crippen LogP contribution in [0.1, 0.15) is 50.9 Å². The van der Waals surface area contributed by atoms with Crippen molar-refractivity contribution >= 4 is 23.3 Å². The van der Waals surface area contributed by atoms with Gasteiger partial charge < -0.3 is 10.6 Å². The Labute approximate surface area is 124 Å². The first-order valence-corrected chi connectivity index (χ1v) is 7.37. The van der Waals surface area contributed by atoms with E-state index in [1.165, 1.54) is 0 Å². The molecule has 0 radical (unpaired) electrons. The van der Waals surface area contributed by atoms with Crippen molar-refractivity contribution in [1.29, 1.82) is 0 Å². The minimum atomic E-state index is -0.347. The van der Waals surface area contributed by atoms with Gasteiger partial charge in [-0.1, -0.05) is 25.4 Å². The number of aromatic nitrogens is 2. The second-order valence-electron chi connectivity index (χ2n) is 5.65. The Balaban J connectivity index is 2.12. The normalized spacial score (nSPS) is 16.1. The topological polar surface area (TPSA) is 66.9 Å². The molecule has 110 valence electrons. The van der Waals surface area contributed by atoms with Crippen LogP contribution in [-0.4, -0.2) is 28.0 Å². The summed E-state index contributed by atoms with van der Waals surface area (Å²) >= 11 is 6.13.